The molecular weight excluding hydrogens is 711 g/mol. The highest BCUT2D eigenvalue weighted by atomic mass is 32.1. The number of fused-ring (bicyclic) bond motifs is 6. The van der Waals surface area contributed by atoms with Gasteiger partial charge < -0.3 is 0 Å². The molecule has 0 bridgehead atoms. The zero-order chi connectivity index (χ0) is 37.7. The highest BCUT2D eigenvalue weighted by Gasteiger charge is 2.17. The molecule has 11 aromatic rings. The van der Waals surface area contributed by atoms with Crippen molar-refractivity contribution in [3.63, 3.8) is 0 Å². The van der Waals surface area contributed by atoms with E-state index in [1.54, 1.807) is 0 Å². The average Bonchev–Trinajstić information content (AvgIpc) is 3.68. The van der Waals surface area contributed by atoms with Gasteiger partial charge in [0.25, 0.3) is 0 Å². The molecule has 0 radical (unpaired) electrons. The summed E-state index contributed by atoms with van der Waals surface area (Å²) in [5, 5.41) is 6.04. The first-order valence-corrected chi connectivity index (χ1v) is 20.0. The molecule has 57 heavy (non-hydrogen) atoms. The molecule has 0 saturated carbocycles. The van der Waals surface area contributed by atoms with E-state index in [0.717, 1.165) is 55.6 Å². The molecule has 0 aliphatic heterocycles. The molecule has 3 aromatic heterocycles. The Balaban J connectivity index is 1.07. The molecule has 0 aliphatic rings. The number of rotatable bonds is 6. The molecular formula is C53H33N3S. The summed E-state index contributed by atoms with van der Waals surface area (Å²) in [5.74, 6) is 0.685. The van der Waals surface area contributed by atoms with E-state index < -0.39 is 0 Å². The van der Waals surface area contributed by atoms with Crippen molar-refractivity contribution in [2.24, 2.45) is 0 Å². The molecule has 4 heteroatoms. The van der Waals surface area contributed by atoms with Crippen LogP contribution in [0.1, 0.15) is 0 Å². The molecule has 8 aromatic carbocycles. The van der Waals surface area contributed by atoms with Crippen LogP contribution in [0.15, 0.2) is 200 Å². The largest absolute Gasteiger partial charge is 0.247 e. The molecule has 0 N–H and O–H groups in total. The van der Waals surface area contributed by atoms with Crippen molar-refractivity contribution in [2.45, 2.75) is 0 Å². The van der Waals surface area contributed by atoms with Crippen LogP contribution in [0.4, 0.5) is 0 Å². The summed E-state index contributed by atoms with van der Waals surface area (Å²) in [6, 6.07) is 70.7. The van der Waals surface area contributed by atoms with Crippen molar-refractivity contribution >= 4 is 53.2 Å². The van der Waals surface area contributed by atoms with E-state index in [1.165, 1.54) is 47.8 Å². The Labute approximate surface area is 334 Å². The fraction of sp³-hybridized carbons (Fsp3) is 0. The summed E-state index contributed by atoms with van der Waals surface area (Å²) >= 11 is 1.86. The lowest BCUT2D eigenvalue weighted by Crippen LogP contribution is -1.97. The van der Waals surface area contributed by atoms with Gasteiger partial charge in [-0.05, 0) is 40.5 Å². The standard InChI is InChI=1S/C53H33N3S/c1-4-14-34(15-5-1)40-21-12-24-45-50(40)44-31-30-39(32-48(44)54-51(45)37-16-6-2-7-17-37)47-33-46(55-53(56-47)38-18-8-3-9-19-38)36-28-26-35(27-29-36)41-22-13-23-43-42-20-10-11-25-49(42)57-52(41)43/h1-33H. The number of pyridine rings is 1. The van der Waals surface area contributed by atoms with Crippen LogP contribution in [0, 0.1) is 0 Å². The molecule has 0 fully saturated rings. The Kier molecular flexibility index (Phi) is 8.01. The number of hydrogen-bond acceptors (Lipinski definition) is 4. The number of thiophene rings is 1. The molecule has 0 aliphatic carbocycles. The van der Waals surface area contributed by atoms with Crippen LogP contribution in [0.2, 0.25) is 0 Å². The topological polar surface area (TPSA) is 38.7 Å². The quantitative estimate of drug-likeness (QED) is 0.159. The summed E-state index contributed by atoms with van der Waals surface area (Å²) in [5.41, 5.74) is 12.5. The molecule has 3 nitrogen and oxygen atoms in total. The lowest BCUT2D eigenvalue weighted by atomic mass is 9.92. The fourth-order valence-corrected chi connectivity index (χ4v) is 9.38. The molecule has 3 heterocycles. The Hall–Kier alpha value is -7.27. The second-order valence-corrected chi connectivity index (χ2v) is 15.4. The average molecular weight is 744 g/mol. The maximum atomic E-state index is 5.39. The third-order valence-electron chi connectivity index (χ3n) is 10.9. The highest BCUT2D eigenvalue weighted by Crippen LogP contribution is 2.42. The monoisotopic (exact) mass is 743 g/mol. The van der Waals surface area contributed by atoms with Crippen LogP contribution in [-0.2, 0) is 0 Å². The van der Waals surface area contributed by atoms with Crippen molar-refractivity contribution in [2.75, 3.05) is 0 Å². The Bertz CT molecular complexity index is 3260. The first kappa shape index (κ1) is 33.1. The van der Waals surface area contributed by atoms with Crippen LogP contribution < -0.4 is 0 Å². The summed E-state index contributed by atoms with van der Waals surface area (Å²) in [4.78, 5) is 15.7. The van der Waals surface area contributed by atoms with E-state index in [9.17, 15) is 0 Å². The van der Waals surface area contributed by atoms with Gasteiger partial charge >= 0.3 is 0 Å². The lowest BCUT2D eigenvalue weighted by Gasteiger charge is -2.15. The SMILES string of the molecule is c1ccc(-c2nc(-c3ccc(-c4cccc5c4sc4ccccc45)cc3)cc(-c3ccc4c(c3)nc(-c3ccccc3)c3cccc(-c5ccccc5)c34)n2)cc1. The fourth-order valence-electron chi connectivity index (χ4n) is 8.14. The van der Waals surface area contributed by atoms with Gasteiger partial charge in [0.15, 0.2) is 5.82 Å². The maximum Gasteiger partial charge on any atom is 0.160 e. The van der Waals surface area contributed by atoms with Gasteiger partial charge in [-0.1, -0.05) is 182 Å². The van der Waals surface area contributed by atoms with E-state index in [2.05, 4.69) is 182 Å². The normalized spacial score (nSPS) is 11.5. The summed E-state index contributed by atoms with van der Waals surface area (Å²) in [6.45, 7) is 0. The minimum atomic E-state index is 0.685. The second kappa shape index (κ2) is 13.8. The molecule has 0 unspecified atom stereocenters. The van der Waals surface area contributed by atoms with Crippen molar-refractivity contribution in [3.05, 3.63) is 200 Å². The van der Waals surface area contributed by atoms with Crippen molar-refractivity contribution in [1.82, 2.24) is 15.0 Å². The van der Waals surface area contributed by atoms with Crippen LogP contribution in [-0.4, -0.2) is 15.0 Å². The first-order chi connectivity index (χ1) is 28.2. The van der Waals surface area contributed by atoms with E-state index >= 15 is 0 Å². The second-order valence-electron chi connectivity index (χ2n) is 14.3. The zero-order valence-corrected chi connectivity index (χ0v) is 31.6. The van der Waals surface area contributed by atoms with E-state index in [-0.39, 0.29) is 0 Å². The lowest BCUT2D eigenvalue weighted by molar-refractivity contribution is 1.18. The van der Waals surface area contributed by atoms with E-state index in [4.69, 9.17) is 15.0 Å². The van der Waals surface area contributed by atoms with Crippen molar-refractivity contribution in [3.8, 4) is 67.4 Å². The third-order valence-corrected chi connectivity index (χ3v) is 12.1. The van der Waals surface area contributed by atoms with Gasteiger partial charge in [0.1, 0.15) is 0 Å². The van der Waals surface area contributed by atoms with Gasteiger partial charge in [0.05, 0.1) is 22.6 Å². The minimum Gasteiger partial charge on any atom is -0.247 e. The minimum absolute atomic E-state index is 0.685. The number of hydrogen-bond donors (Lipinski definition) is 0. The van der Waals surface area contributed by atoms with Gasteiger partial charge in [-0.3, -0.25) is 0 Å². The van der Waals surface area contributed by atoms with Crippen LogP contribution in [0.5, 0.6) is 0 Å². The molecule has 0 atom stereocenters. The summed E-state index contributed by atoms with van der Waals surface area (Å²) in [6.07, 6.45) is 0. The Morgan fingerprint density at radius 1 is 0.333 bits per heavy atom. The first-order valence-electron chi connectivity index (χ1n) is 19.2. The predicted molar refractivity (Wildman–Crippen MR) is 240 cm³/mol. The Morgan fingerprint density at radius 2 is 0.895 bits per heavy atom. The van der Waals surface area contributed by atoms with Crippen LogP contribution in [0.3, 0.4) is 0 Å². The molecule has 266 valence electrons. The Morgan fingerprint density at radius 3 is 1.65 bits per heavy atom. The molecule has 0 spiro atoms. The number of benzene rings is 8. The zero-order valence-electron chi connectivity index (χ0n) is 30.8. The molecule has 0 saturated heterocycles. The molecule has 0 amide bonds. The summed E-state index contributed by atoms with van der Waals surface area (Å²) in [7, 11) is 0. The van der Waals surface area contributed by atoms with Gasteiger partial charge in [-0.15, -0.1) is 11.3 Å². The van der Waals surface area contributed by atoms with E-state index in [1.807, 2.05) is 29.5 Å². The van der Waals surface area contributed by atoms with Gasteiger partial charge in [-0.2, -0.15) is 0 Å². The summed E-state index contributed by atoms with van der Waals surface area (Å²) < 4.78 is 2.62. The predicted octanol–water partition coefficient (Wildman–Crippen LogP) is 14.5. The van der Waals surface area contributed by atoms with Crippen LogP contribution in [0.25, 0.3) is 109 Å². The van der Waals surface area contributed by atoms with Gasteiger partial charge in [-0.25, -0.2) is 15.0 Å². The highest BCUT2D eigenvalue weighted by molar-refractivity contribution is 7.26. The maximum absolute atomic E-state index is 5.39. The van der Waals surface area contributed by atoms with E-state index in [0.29, 0.717) is 5.82 Å². The van der Waals surface area contributed by atoms with Crippen LogP contribution >= 0.6 is 11.3 Å². The number of aromatic nitrogens is 3. The van der Waals surface area contributed by atoms with Gasteiger partial charge in [0, 0.05) is 58.6 Å². The van der Waals surface area contributed by atoms with Crippen molar-refractivity contribution < 1.29 is 0 Å². The third kappa shape index (κ3) is 5.86. The number of nitrogens with zero attached hydrogens (tertiary/aromatic N) is 3. The van der Waals surface area contributed by atoms with Crippen molar-refractivity contribution in [1.29, 1.82) is 0 Å². The van der Waals surface area contributed by atoms with Gasteiger partial charge in [0.2, 0.25) is 0 Å². The smallest absolute Gasteiger partial charge is 0.160 e. The molecule has 11 rings (SSSR count).